The molecule has 10 nitrogen and oxygen atoms in total. The van der Waals surface area contributed by atoms with E-state index in [1.807, 2.05) is 48.5 Å². The summed E-state index contributed by atoms with van der Waals surface area (Å²) in [5, 5.41) is 14.5. The minimum absolute atomic E-state index is 0.0239. The van der Waals surface area contributed by atoms with Crippen LogP contribution in [0.15, 0.2) is 73.8 Å². The zero-order chi connectivity index (χ0) is 28.9. The van der Waals surface area contributed by atoms with E-state index in [0.717, 1.165) is 22.3 Å². The molecular weight excluding hydrogens is 516 g/mol. The van der Waals surface area contributed by atoms with Crippen LogP contribution in [0.2, 0.25) is 0 Å². The summed E-state index contributed by atoms with van der Waals surface area (Å²) in [5.74, 6) is -2.02. The van der Waals surface area contributed by atoms with Gasteiger partial charge in [0.1, 0.15) is 31.9 Å². The van der Waals surface area contributed by atoms with Crippen LogP contribution in [-0.4, -0.2) is 61.1 Å². The van der Waals surface area contributed by atoms with Gasteiger partial charge in [0.15, 0.2) is 0 Å². The van der Waals surface area contributed by atoms with Gasteiger partial charge in [-0.1, -0.05) is 86.7 Å². The number of hydrogen-bond acceptors (Lipinski definition) is 7. The molecule has 1 aliphatic carbocycles. The van der Waals surface area contributed by atoms with Crippen LogP contribution >= 0.6 is 0 Å². The molecule has 0 radical (unpaired) electrons. The number of esters is 1. The van der Waals surface area contributed by atoms with Crippen LogP contribution in [0.1, 0.15) is 42.7 Å². The predicted molar refractivity (Wildman–Crippen MR) is 148 cm³/mol. The van der Waals surface area contributed by atoms with Crippen molar-refractivity contribution < 1.29 is 38.5 Å². The van der Waals surface area contributed by atoms with Crippen LogP contribution < -0.4 is 10.6 Å². The Morgan fingerprint density at radius 1 is 0.775 bits per heavy atom. The lowest BCUT2D eigenvalue weighted by atomic mass is 9.98. The number of ether oxygens (including phenoxy) is 3. The van der Waals surface area contributed by atoms with Crippen molar-refractivity contribution in [2.75, 3.05) is 19.8 Å². The number of fused-ring (bicyclic) bond motifs is 3. The highest BCUT2D eigenvalue weighted by Gasteiger charge is 2.30. The quantitative estimate of drug-likeness (QED) is 0.127. The SMILES string of the molecule is C=CCOC(=O)N[C@@H](CCCC[C@H](NC(=O)OCC1c2ccccc2-c2ccccc21)C(=O)O)C(=O)OCC=C. The predicted octanol–water partition coefficient (Wildman–Crippen LogP) is 4.55. The van der Waals surface area contributed by atoms with Gasteiger partial charge in [0.2, 0.25) is 0 Å². The van der Waals surface area contributed by atoms with Gasteiger partial charge in [0.25, 0.3) is 0 Å². The normalized spacial score (nSPS) is 13.1. The second-order valence-corrected chi connectivity index (χ2v) is 9.15. The summed E-state index contributed by atoms with van der Waals surface area (Å²) in [6.45, 7) is 6.95. The molecule has 1 aliphatic rings. The van der Waals surface area contributed by atoms with Gasteiger partial charge in [-0.25, -0.2) is 19.2 Å². The molecule has 0 saturated carbocycles. The number of benzene rings is 2. The smallest absolute Gasteiger partial charge is 0.408 e. The van der Waals surface area contributed by atoms with E-state index in [4.69, 9.17) is 14.2 Å². The molecular formula is C30H34N2O8. The maximum Gasteiger partial charge on any atom is 0.408 e. The molecule has 3 N–H and O–H groups in total. The first-order valence-electron chi connectivity index (χ1n) is 13.0. The Labute approximate surface area is 233 Å². The zero-order valence-electron chi connectivity index (χ0n) is 22.2. The number of hydrogen-bond donors (Lipinski definition) is 3. The zero-order valence-corrected chi connectivity index (χ0v) is 22.2. The first-order chi connectivity index (χ1) is 19.3. The molecule has 40 heavy (non-hydrogen) atoms. The fourth-order valence-electron chi connectivity index (χ4n) is 4.55. The molecule has 2 atom stereocenters. The van der Waals surface area contributed by atoms with Crippen molar-refractivity contribution in [3.05, 3.63) is 85.0 Å². The first-order valence-corrected chi connectivity index (χ1v) is 13.0. The average molecular weight is 551 g/mol. The van der Waals surface area contributed by atoms with Crippen molar-refractivity contribution in [3.63, 3.8) is 0 Å². The lowest BCUT2D eigenvalue weighted by Crippen LogP contribution is -2.42. The molecule has 0 heterocycles. The third-order valence-corrected chi connectivity index (χ3v) is 6.42. The molecule has 2 aromatic carbocycles. The van der Waals surface area contributed by atoms with Crippen molar-refractivity contribution in [2.24, 2.45) is 0 Å². The Hall–Kier alpha value is -4.60. The van der Waals surface area contributed by atoms with Gasteiger partial charge >= 0.3 is 24.1 Å². The highest BCUT2D eigenvalue weighted by molar-refractivity contribution is 5.82. The van der Waals surface area contributed by atoms with Crippen LogP contribution in [0.4, 0.5) is 9.59 Å². The van der Waals surface area contributed by atoms with Gasteiger partial charge in [-0.15, -0.1) is 0 Å². The van der Waals surface area contributed by atoms with E-state index in [1.54, 1.807) is 0 Å². The topological polar surface area (TPSA) is 140 Å². The van der Waals surface area contributed by atoms with Crippen LogP contribution in [-0.2, 0) is 23.8 Å². The van der Waals surface area contributed by atoms with E-state index >= 15 is 0 Å². The largest absolute Gasteiger partial charge is 0.480 e. The molecule has 0 aliphatic heterocycles. The highest BCUT2D eigenvalue weighted by Crippen LogP contribution is 2.44. The third kappa shape index (κ3) is 8.20. The molecule has 0 spiro atoms. The molecule has 0 saturated heterocycles. The summed E-state index contributed by atoms with van der Waals surface area (Å²) in [6, 6.07) is 13.6. The summed E-state index contributed by atoms with van der Waals surface area (Å²) >= 11 is 0. The Morgan fingerprint density at radius 3 is 1.85 bits per heavy atom. The number of amides is 2. The Bertz CT molecular complexity index is 1180. The third-order valence-electron chi connectivity index (χ3n) is 6.42. The van der Waals surface area contributed by atoms with Gasteiger partial charge in [0.05, 0.1) is 0 Å². The maximum atomic E-state index is 12.5. The van der Waals surface area contributed by atoms with E-state index < -0.39 is 36.2 Å². The lowest BCUT2D eigenvalue weighted by molar-refractivity contribution is -0.145. The van der Waals surface area contributed by atoms with Crippen LogP contribution in [0.5, 0.6) is 0 Å². The second-order valence-electron chi connectivity index (χ2n) is 9.15. The number of aliphatic carboxylic acids is 1. The van der Waals surface area contributed by atoms with Gasteiger partial charge in [0, 0.05) is 5.92 Å². The molecule has 212 valence electrons. The fraction of sp³-hybridized carbons (Fsp3) is 0.333. The van der Waals surface area contributed by atoms with Crippen molar-refractivity contribution in [1.82, 2.24) is 10.6 Å². The molecule has 0 bridgehead atoms. The molecule has 10 heteroatoms. The van der Waals surface area contributed by atoms with Crippen molar-refractivity contribution in [3.8, 4) is 11.1 Å². The van der Waals surface area contributed by atoms with E-state index in [1.165, 1.54) is 12.2 Å². The van der Waals surface area contributed by atoms with Crippen LogP contribution in [0.25, 0.3) is 11.1 Å². The average Bonchev–Trinajstić information content (AvgIpc) is 3.28. The minimum atomic E-state index is -1.21. The van der Waals surface area contributed by atoms with Gasteiger partial charge in [-0.05, 0) is 35.1 Å². The van der Waals surface area contributed by atoms with Crippen LogP contribution in [0, 0.1) is 0 Å². The van der Waals surface area contributed by atoms with Crippen molar-refractivity contribution in [2.45, 2.75) is 43.7 Å². The summed E-state index contributed by atoms with van der Waals surface area (Å²) < 4.78 is 15.3. The number of carboxylic acids is 1. The van der Waals surface area contributed by atoms with Crippen molar-refractivity contribution in [1.29, 1.82) is 0 Å². The Balaban J connectivity index is 1.50. The second kappa shape index (κ2) is 15.1. The number of carbonyl (C=O) groups excluding carboxylic acids is 3. The number of carbonyl (C=O) groups is 4. The number of carboxylic acid groups (broad SMARTS) is 1. The van der Waals surface area contributed by atoms with Gasteiger partial charge < -0.3 is 30.0 Å². The Morgan fingerprint density at radius 2 is 1.27 bits per heavy atom. The molecule has 0 fully saturated rings. The maximum absolute atomic E-state index is 12.5. The number of nitrogens with one attached hydrogen (secondary N) is 2. The van der Waals surface area contributed by atoms with Crippen molar-refractivity contribution >= 4 is 24.1 Å². The first kappa shape index (κ1) is 29.9. The summed E-state index contributed by atoms with van der Waals surface area (Å²) in [5.41, 5.74) is 4.28. The monoisotopic (exact) mass is 550 g/mol. The van der Waals surface area contributed by atoms with Crippen LogP contribution in [0.3, 0.4) is 0 Å². The standard InChI is InChI=1S/C30H34N2O8/c1-3-17-38-28(35)26(32-29(36)39-18-4-2)16-10-9-15-25(27(33)34)31-30(37)40-19-24-22-13-7-5-11-20(22)21-12-6-8-14-23(21)24/h3-8,11-14,24-26H,1-2,9-10,15-19H2,(H,31,37)(H,32,36)(H,33,34)/t25-,26-/m0/s1. The molecule has 2 amide bonds. The van der Waals surface area contributed by atoms with E-state index in [0.29, 0.717) is 12.8 Å². The summed E-state index contributed by atoms with van der Waals surface area (Å²) in [4.78, 5) is 48.5. The number of unbranched alkanes of at least 4 members (excludes halogenated alkanes) is 1. The molecule has 0 unspecified atom stereocenters. The van der Waals surface area contributed by atoms with E-state index in [2.05, 4.69) is 23.8 Å². The molecule has 2 aromatic rings. The van der Waals surface area contributed by atoms with Gasteiger partial charge in [-0.3, -0.25) is 0 Å². The summed E-state index contributed by atoms with van der Waals surface area (Å²) in [6.07, 6.45) is 2.14. The molecule has 0 aromatic heterocycles. The lowest BCUT2D eigenvalue weighted by Gasteiger charge is -2.19. The van der Waals surface area contributed by atoms with Gasteiger partial charge in [-0.2, -0.15) is 0 Å². The number of rotatable bonds is 15. The number of alkyl carbamates (subject to hydrolysis) is 2. The minimum Gasteiger partial charge on any atom is -0.480 e. The fourth-order valence-corrected chi connectivity index (χ4v) is 4.55. The molecule has 3 rings (SSSR count). The Kier molecular flexibility index (Phi) is 11.3. The highest BCUT2D eigenvalue weighted by atomic mass is 16.6. The van der Waals surface area contributed by atoms with E-state index in [9.17, 15) is 24.3 Å². The van der Waals surface area contributed by atoms with E-state index in [-0.39, 0.29) is 38.6 Å². The summed E-state index contributed by atoms with van der Waals surface area (Å²) in [7, 11) is 0.